The van der Waals surface area contributed by atoms with E-state index in [9.17, 15) is 9.90 Å². The molecule has 8 atom stereocenters. The van der Waals surface area contributed by atoms with Crippen molar-refractivity contribution < 1.29 is 14.6 Å². The molecule has 3 fully saturated rings. The van der Waals surface area contributed by atoms with Crippen molar-refractivity contribution in [2.75, 3.05) is 0 Å². The lowest BCUT2D eigenvalue weighted by Gasteiger charge is -2.41. The molecule has 0 saturated heterocycles. The quantitative estimate of drug-likeness (QED) is 0.791. The first-order valence-electron chi connectivity index (χ1n) is 8.13. The van der Waals surface area contributed by atoms with E-state index in [0.29, 0.717) is 23.7 Å². The third-order valence-electron chi connectivity index (χ3n) is 6.27. The summed E-state index contributed by atoms with van der Waals surface area (Å²) in [7, 11) is 0. The molecule has 0 spiro atoms. The average Bonchev–Trinajstić information content (AvgIpc) is 2.87. The second kappa shape index (κ2) is 4.46. The first-order chi connectivity index (χ1) is 9.24. The zero-order chi connectivity index (χ0) is 14.8. The van der Waals surface area contributed by atoms with Crippen molar-refractivity contribution in [3.63, 3.8) is 0 Å². The van der Waals surface area contributed by atoms with Gasteiger partial charge in [-0.05, 0) is 55.3 Å². The topological polar surface area (TPSA) is 46.5 Å². The summed E-state index contributed by atoms with van der Waals surface area (Å²) >= 11 is 0. The summed E-state index contributed by atoms with van der Waals surface area (Å²) in [5.74, 6) is 3.88. The van der Waals surface area contributed by atoms with Gasteiger partial charge in [-0.15, -0.1) is 0 Å². The number of esters is 1. The van der Waals surface area contributed by atoms with E-state index in [1.807, 2.05) is 6.92 Å². The maximum Gasteiger partial charge on any atom is 0.302 e. The fraction of sp³-hybridized carbons (Fsp3) is 0.941. The minimum atomic E-state index is -0.680. The predicted octanol–water partition coefficient (Wildman–Crippen LogP) is 2.86. The zero-order valence-corrected chi connectivity index (χ0v) is 13.3. The molecule has 0 aromatic carbocycles. The smallest absolute Gasteiger partial charge is 0.302 e. The van der Waals surface area contributed by atoms with Crippen LogP contribution in [0.4, 0.5) is 0 Å². The van der Waals surface area contributed by atoms with Gasteiger partial charge in [0, 0.05) is 12.8 Å². The van der Waals surface area contributed by atoms with Crippen molar-refractivity contribution in [3.8, 4) is 0 Å². The molecule has 3 aliphatic carbocycles. The maximum atomic E-state index is 11.4. The molecule has 1 N–H and O–H groups in total. The molecule has 0 heterocycles. The maximum absolute atomic E-state index is 11.4. The Labute approximate surface area is 122 Å². The zero-order valence-electron chi connectivity index (χ0n) is 13.3. The third kappa shape index (κ3) is 2.01. The second-order valence-electron chi connectivity index (χ2n) is 8.09. The number of carbonyl (C=O) groups excluding carboxylic acids is 1. The van der Waals surface area contributed by atoms with Crippen molar-refractivity contribution in [3.05, 3.63) is 0 Å². The van der Waals surface area contributed by atoms with Crippen molar-refractivity contribution in [2.45, 2.75) is 59.2 Å². The highest BCUT2D eigenvalue weighted by Crippen LogP contribution is 2.69. The molecule has 0 radical (unpaired) electrons. The predicted molar refractivity (Wildman–Crippen MR) is 76.9 cm³/mol. The molecule has 0 aliphatic heterocycles. The van der Waals surface area contributed by atoms with E-state index in [4.69, 9.17) is 4.74 Å². The highest BCUT2D eigenvalue weighted by molar-refractivity contribution is 5.66. The Morgan fingerprint density at radius 3 is 2.55 bits per heavy atom. The van der Waals surface area contributed by atoms with E-state index < -0.39 is 5.60 Å². The normalized spacial score (nSPS) is 53.5. The monoisotopic (exact) mass is 280 g/mol. The summed E-state index contributed by atoms with van der Waals surface area (Å²) in [5, 5.41) is 11.0. The van der Waals surface area contributed by atoms with E-state index in [1.165, 1.54) is 6.92 Å². The van der Waals surface area contributed by atoms with Crippen molar-refractivity contribution in [1.29, 1.82) is 0 Å². The van der Waals surface area contributed by atoms with E-state index in [0.717, 1.165) is 24.7 Å². The molecule has 0 aromatic heterocycles. The van der Waals surface area contributed by atoms with Gasteiger partial charge in [-0.3, -0.25) is 4.79 Å². The number of ether oxygens (including phenoxy) is 1. The van der Waals surface area contributed by atoms with Gasteiger partial charge in [0.1, 0.15) is 6.10 Å². The van der Waals surface area contributed by atoms with E-state index >= 15 is 0 Å². The van der Waals surface area contributed by atoms with Crippen LogP contribution in [-0.2, 0) is 9.53 Å². The average molecular weight is 280 g/mol. The van der Waals surface area contributed by atoms with E-state index in [2.05, 4.69) is 20.8 Å². The number of hydrogen-bond donors (Lipinski definition) is 1. The first kappa shape index (κ1) is 14.4. The van der Waals surface area contributed by atoms with Gasteiger partial charge in [0.25, 0.3) is 0 Å². The minimum absolute atomic E-state index is 0.0862. The molecule has 3 aliphatic rings. The van der Waals surface area contributed by atoms with Gasteiger partial charge in [0.2, 0.25) is 0 Å². The van der Waals surface area contributed by atoms with Crippen LogP contribution in [0, 0.1) is 41.4 Å². The minimum Gasteiger partial charge on any atom is -0.462 e. The number of rotatable bonds is 2. The first-order valence-corrected chi connectivity index (χ1v) is 8.13. The van der Waals surface area contributed by atoms with Crippen LogP contribution < -0.4 is 0 Å². The van der Waals surface area contributed by atoms with Crippen molar-refractivity contribution >= 4 is 5.97 Å². The summed E-state index contributed by atoms with van der Waals surface area (Å²) in [5.41, 5.74) is -0.680. The van der Waals surface area contributed by atoms with E-state index in [1.54, 1.807) is 0 Å². The second-order valence-corrected chi connectivity index (χ2v) is 8.09. The molecule has 114 valence electrons. The molecule has 0 unspecified atom stereocenters. The molecule has 0 amide bonds. The molecule has 20 heavy (non-hydrogen) atoms. The molecule has 3 nitrogen and oxygen atoms in total. The van der Waals surface area contributed by atoms with Gasteiger partial charge in [-0.1, -0.05) is 20.8 Å². The van der Waals surface area contributed by atoms with Crippen molar-refractivity contribution in [2.24, 2.45) is 41.4 Å². The lowest BCUT2D eigenvalue weighted by molar-refractivity contribution is -0.157. The van der Waals surface area contributed by atoms with Gasteiger partial charge in [0.05, 0.1) is 5.60 Å². The van der Waals surface area contributed by atoms with Crippen LogP contribution in [0.15, 0.2) is 0 Å². The highest BCUT2D eigenvalue weighted by atomic mass is 16.5. The van der Waals surface area contributed by atoms with Crippen LogP contribution in [0.25, 0.3) is 0 Å². The van der Waals surface area contributed by atoms with Crippen molar-refractivity contribution in [1.82, 2.24) is 0 Å². The molecule has 0 aromatic rings. The molecule has 3 saturated carbocycles. The van der Waals surface area contributed by atoms with Gasteiger partial charge in [0.15, 0.2) is 0 Å². The van der Waals surface area contributed by atoms with Crippen LogP contribution in [0.2, 0.25) is 0 Å². The molecular formula is C17H28O3. The Kier molecular flexibility index (Phi) is 3.20. The Balaban J connectivity index is 1.88. The van der Waals surface area contributed by atoms with E-state index in [-0.39, 0.29) is 18.0 Å². The Hall–Kier alpha value is -0.570. The summed E-state index contributed by atoms with van der Waals surface area (Å²) in [6.45, 7) is 10.3. The standard InChI is InChI=1S/C17H28O3/c1-8(2)13-11-7-17(5,19)16-12(20-10(4)18)6-9(3)14(16)15(11)13/h8-9,11-16,19H,6-7H2,1-5H3/t9-,11-,12-,13-,14+,15-,16-,17+/m1/s1. The summed E-state index contributed by atoms with van der Waals surface area (Å²) in [4.78, 5) is 11.4. The Bertz CT molecular complexity index is 414. The van der Waals surface area contributed by atoms with Crippen LogP contribution in [0.5, 0.6) is 0 Å². The summed E-state index contributed by atoms with van der Waals surface area (Å²) in [6.07, 6.45) is 1.71. The van der Waals surface area contributed by atoms with Crippen LogP contribution >= 0.6 is 0 Å². The van der Waals surface area contributed by atoms with Crippen LogP contribution in [-0.4, -0.2) is 22.8 Å². The summed E-state index contributed by atoms with van der Waals surface area (Å²) < 4.78 is 5.55. The van der Waals surface area contributed by atoms with Gasteiger partial charge in [-0.2, -0.15) is 0 Å². The van der Waals surface area contributed by atoms with Crippen LogP contribution in [0.3, 0.4) is 0 Å². The fourth-order valence-electron chi connectivity index (χ4n) is 5.83. The van der Waals surface area contributed by atoms with Gasteiger partial charge in [-0.25, -0.2) is 0 Å². The largest absolute Gasteiger partial charge is 0.462 e. The molecule has 3 heteroatoms. The third-order valence-corrected chi connectivity index (χ3v) is 6.27. The SMILES string of the molecule is CC(=O)O[C@@H]1C[C@@H](C)[C@H]2[C@@H]3[C@H](C[C@](C)(O)[C@@H]21)[C@H]3C(C)C. The number of fused-ring (bicyclic) bond motifs is 3. The Morgan fingerprint density at radius 1 is 1.35 bits per heavy atom. The summed E-state index contributed by atoms with van der Waals surface area (Å²) in [6, 6.07) is 0. The molecule has 3 rings (SSSR count). The number of hydrogen-bond acceptors (Lipinski definition) is 3. The number of carbonyl (C=O) groups is 1. The molecular weight excluding hydrogens is 252 g/mol. The molecule has 0 bridgehead atoms. The lowest BCUT2D eigenvalue weighted by Crippen LogP contribution is -2.47. The van der Waals surface area contributed by atoms with Gasteiger partial charge >= 0.3 is 5.97 Å². The fourth-order valence-corrected chi connectivity index (χ4v) is 5.83. The highest BCUT2D eigenvalue weighted by Gasteiger charge is 2.68. The Morgan fingerprint density at radius 2 is 2.00 bits per heavy atom. The lowest BCUT2D eigenvalue weighted by atomic mass is 9.69. The van der Waals surface area contributed by atoms with Crippen LogP contribution in [0.1, 0.15) is 47.5 Å². The van der Waals surface area contributed by atoms with Gasteiger partial charge < -0.3 is 9.84 Å². The number of aliphatic hydroxyl groups is 1.